The molecule has 31 heavy (non-hydrogen) atoms. The van der Waals surface area contributed by atoms with Crippen LogP contribution in [-0.2, 0) is 20.9 Å². The van der Waals surface area contributed by atoms with Crippen molar-refractivity contribution in [3.8, 4) is 6.07 Å². The average Bonchev–Trinajstić information content (AvgIpc) is 3.00. The minimum Gasteiger partial charge on any atom is -0.465 e. The van der Waals surface area contributed by atoms with Crippen LogP contribution in [0.5, 0.6) is 0 Å². The number of nitrogens with one attached hydrogen (secondary N) is 1. The molecule has 0 spiro atoms. The summed E-state index contributed by atoms with van der Waals surface area (Å²) in [6.07, 6.45) is 1.55. The van der Waals surface area contributed by atoms with Gasteiger partial charge in [0.2, 0.25) is 0 Å². The van der Waals surface area contributed by atoms with Crippen molar-refractivity contribution in [3.05, 3.63) is 69.9 Å². The molecule has 0 aliphatic heterocycles. The number of rotatable bonds is 6. The van der Waals surface area contributed by atoms with Crippen LogP contribution in [0.4, 0.5) is 5.69 Å². The molecule has 3 aromatic rings. The Kier molecular flexibility index (Phi) is 6.78. The van der Waals surface area contributed by atoms with Gasteiger partial charge < -0.3 is 14.6 Å². The van der Waals surface area contributed by atoms with E-state index in [0.717, 1.165) is 22.2 Å². The van der Waals surface area contributed by atoms with E-state index in [1.165, 1.54) is 0 Å². The van der Waals surface area contributed by atoms with Crippen molar-refractivity contribution in [3.63, 3.8) is 0 Å². The molecule has 0 unspecified atom stereocenters. The maximum absolute atomic E-state index is 12.8. The Labute approximate surface area is 185 Å². The summed E-state index contributed by atoms with van der Waals surface area (Å²) in [6, 6.07) is 14.7. The van der Waals surface area contributed by atoms with Crippen LogP contribution in [0.1, 0.15) is 23.7 Å². The Morgan fingerprint density at radius 1 is 1.23 bits per heavy atom. The molecule has 0 atom stereocenters. The van der Waals surface area contributed by atoms with E-state index in [2.05, 4.69) is 5.32 Å². The highest BCUT2D eigenvalue weighted by atomic mass is 35.5. The largest absolute Gasteiger partial charge is 0.465 e. The zero-order valence-corrected chi connectivity index (χ0v) is 18.3. The Balaban J connectivity index is 2.02. The number of nitriles is 1. The zero-order chi connectivity index (χ0) is 22.5. The first-order chi connectivity index (χ1) is 14.8. The quantitative estimate of drug-likeness (QED) is 0.334. The molecule has 0 saturated carbocycles. The minimum absolute atomic E-state index is 0.0455. The van der Waals surface area contributed by atoms with Crippen molar-refractivity contribution < 1.29 is 14.3 Å². The van der Waals surface area contributed by atoms with Gasteiger partial charge in [0.25, 0.3) is 5.91 Å². The van der Waals surface area contributed by atoms with Gasteiger partial charge in [-0.3, -0.25) is 9.59 Å². The first kappa shape index (κ1) is 22.1. The molecule has 0 aliphatic carbocycles. The summed E-state index contributed by atoms with van der Waals surface area (Å²) >= 11 is 6.02. The van der Waals surface area contributed by atoms with E-state index in [1.807, 2.05) is 48.7 Å². The van der Waals surface area contributed by atoms with Gasteiger partial charge >= 0.3 is 5.97 Å². The number of para-hydroxylation sites is 1. The summed E-state index contributed by atoms with van der Waals surface area (Å²) in [5.74, 6) is -0.883. The number of hydrogen-bond acceptors (Lipinski definition) is 4. The summed E-state index contributed by atoms with van der Waals surface area (Å²) in [4.78, 5) is 24.9. The fourth-order valence-electron chi connectivity index (χ4n) is 3.39. The predicted molar refractivity (Wildman–Crippen MR) is 122 cm³/mol. The number of aromatic nitrogens is 1. The molecule has 6 nitrogen and oxygen atoms in total. The average molecular weight is 436 g/mol. The van der Waals surface area contributed by atoms with Crippen molar-refractivity contribution in [1.29, 1.82) is 5.26 Å². The second-order valence-electron chi connectivity index (χ2n) is 6.99. The van der Waals surface area contributed by atoms with Crippen molar-refractivity contribution >= 4 is 46.1 Å². The predicted octanol–water partition coefficient (Wildman–Crippen LogP) is 5.02. The van der Waals surface area contributed by atoms with E-state index in [-0.39, 0.29) is 18.1 Å². The summed E-state index contributed by atoms with van der Waals surface area (Å²) in [5.41, 5.74) is 3.60. The number of esters is 1. The number of amides is 1. The Bertz CT molecular complexity index is 1230. The fourth-order valence-corrected chi connectivity index (χ4v) is 3.56. The second-order valence-corrected chi connectivity index (χ2v) is 7.43. The van der Waals surface area contributed by atoms with E-state index < -0.39 is 5.91 Å². The number of carbonyl (C=O) groups is 2. The second kappa shape index (κ2) is 9.50. The minimum atomic E-state index is -0.533. The molecule has 3 rings (SSSR count). The van der Waals surface area contributed by atoms with Crippen LogP contribution in [0.25, 0.3) is 17.0 Å². The zero-order valence-electron chi connectivity index (χ0n) is 17.5. The van der Waals surface area contributed by atoms with E-state index in [1.54, 1.807) is 31.2 Å². The third-order valence-corrected chi connectivity index (χ3v) is 5.21. The summed E-state index contributed by atoms with van der Waals surface area (Å²) in [7, 11) is 0. The number of anilines is 1. The van der Waals surface area contributed by atoms with Crippen molar-refractivity contribution in [2.24, 2.45) is 0 Å². The lowest BCUT2D eigenvalue weighted by Gasteiger charge is -2.09. The Morgan fingerprint density at radius 3 is 2.68 bits per heavy atom. The van der Waals surface area contributed by atoms with E-state index >= 15 is 0 Å². The molecule has 1 amide bonds. The molecule has 1 N–H and O–H groups in total. The number of aryl methyl sites for hydroxylation is 1. The lowest BCUT2D eigenvalue weighted by molar-refractivity contribution is -0.143. The lowest BCUT2D eigenvalue weighted by Crippen LogP contribution is -2.15. The van der Waals surface area contributed by atoms with Crippen LogP contribution in [0.3, 0.4) is 0 Å². The molecule has 0 bridgehead atoms. The van der Waals surface area contributed by atoms with Gasteiger partial charge in [-0.25, -0.2) is 0 Å². The number of nitrogens with zero attached hydrogens (tertiary/aromatic N) is 2. The standard InChI is InChI=1S/C24H22ClN3O3/c1-4-31-23(29)14-28-16(3)20(19-7-5-6-8-22(19)28)11-17(13-26)24(30)27-21-12-18(25)10-9-15(21)2/h5-12H,4,14H2,1-3H3,(H,27,30)/b17-11+. The highest BCUT2D eigenvalue weighted by molar-refractivity contribution is 6.31. The normalized spacial score (nSPS) is 11.3. The number of ether oxygens (including phenoxy) is 1. The number of halogens is 1. The molecule has 0 fully saturated rings. The number of fused-ring (bicyclic) bond motifs is 1. The van der Waals surface area contributed by atoms with Gasteiger partial charge in [0.05, 0.1) is 6.61 Å². The van der Waals surface area contributed by atoms with Gasteiger partial charge in [-0.05, 0) is 50.6 Å². The van der Waals surface area contributed by atoms with Crippen LogP contribution >= 0.6 is 11.6 Å². The molecular weight excluding hydrogens is 414 g/mol. The molecular formula is C24H22ClN3O3. The summed E-state index contributed by atoms with van der Waals surface area (Å²) in [6.45, 7) is 5.79. The SMILES string of the molecule is CCOC(=O)Cn1c(C)c(/C=C(\C#N)C(=O)Nc2cc(Cl)ccc2C)c2ccccc21. The Hall–Kier alpha value is -3.56. The lowest BCUT2D eigenvalue weighted by atomic mass is 10.1. The molecule has 1 aromatic heterocycles. The molecule has 0 radical (unpaired) electrons. The monoisotopic (exact) mass is 435 g/mol. The molecule has 0 saturated heterocycles. The molecule has 1 heterocycles. The third kappa shape index (κ3) is 4.79. The first-order valence-electron chi connectivity index (χ1n) is 9.78. The van der Waals surface area contributed by atoms with Gasteiger partial charge in [-0.1, -0.05) is 35.9 Å². The third-order valence-electron chi connectivity index (χ3n) is 4.97. The topological polar surface area (TPSA) is 84.1 Å². The van der Waals surface area contributed by atoms with Gasteiger partial charge in [-0.15, -0.1) is 0 Å². The summed E-state index contributed by atoms with van der Waals surface area (Å²) in [5, 5.41) is 13.7. The van der Waals surface area contributed by atoms with Crippen molar-refractivity contribution in [2.45, 2.75) is 27.3 Å². The van der Waals surface area contributed by atoms with E-state index in [4.69, 9.17) is 16.3 Å². The fraction of sp³-hybridized carbons (Fsp3) is 0.208. The molecule has 0 aliphatic rings. The van der Waals surface area contributed by atoms with Crippen LogP contribution in [0.2, 0.25) is 5.02 Å². The van der Waals surface area contributed by atoms with Gasteiger partial charge in [-0.2, -0.15) is 5.26 Å². The van der Waals surface area contributed by atoms with Crippen LogP contribution in [0, 0.1) is 25.2 Å². The molecule has 7 heteroatoms. The Morgan fingerprint density at radius 2 is 1.97 bits per heavy atom. The molecule has 158 valence electrons. The highest BCUT2D eigenvalue weighted by Crippen LogP contribution is 2.28. The molecule has 2 aromatic carbocycles. The van der Waals surface area contributed by atoms with Gasteiger partial charge in [0.1, 0.15) is 18.2 Å². The number of carbonyl (C=O) groups excluding carboxylic acids is 2. The summed E-state index contributed by atoms with van der Waals surface area (Å²) < 4.78 is 6.91. The van der Waals surface area contributed by atoms with E-state index in [9.17, 15) is 14.9 Å². The van der Waals surface area contributed by atoms with Gasteiger partial charge in [0.15, 0.2) is 0 Å². The van der Waals surface area contributed by atoms with Gasteiger partial charge in [0, 0.05) is 32.9 Å². The first-order valence-corrected chi connectivity index (χ1v) is 10.2. The highest BCUT2D eigenvalue weighted by Gasteiger charge is 2.18. The smallest absolute Gasteiger partial charge is 0.325 e. The number of hydrogen-bond donors (Lipinski definition) is 1. The van der Waals surface area contributed by atoms with Crippen molar-refractivity contribution in [2.75, 3.05) is 11.9 Å². The number of benzene rings is 2. The van der Waals surface area contributed by atoms with Crippen LogP contribution < -0.4 is 5.32 Å². The maximum atomic E-state index is 12.8. The van der Waals surface area contributed by atoms with Crippen LogP contribution in [0.15, 0.2) is 48.0 Å². The van der Waals surface area contributed by atoms with Crippen molar-refractivity contribution in [1.82, 2.24) is 4.57 Å². The maximum Gasteiger partial charge on any atom is 0.325 e. The van der Waals surface area contributed by atoms with Crippen LogP contribution in [-0.4, -0.2) is 23.1 Å². The van der Waals surface area contributed by atoms with E-state index in [0.29, 0.717) is 22.9 Å².